The predicted molar refractivity (Wildman–Crippen MR) is 110 cm³/mol. The summed E-state index contributed by atoms with van der Waals surface area (Å²) in [6, 6.07) is 10.3. The van der Waals surface area contributed by atoms with Crippen molar-refractivity contribution < 1.29 is 17.7 Å². The summed E-state index contributed by atoms with van der Waals surface area (Å²) in [5, 5.41) is 14.6. The number of aromatic amines is 1. The Morgan fingerprint density at radius 3 is 2.77 bits per heavy atom. The van der Waals surface area contributed by atoms with Crippen molar-refractivity contribution in [3.63, 3.8) is 0 Å². The molecular weight excluding hydrogens is 408 g/mol. The first-order valence-corrected chi connectivity index (χ1v) is 10.5. The maximum atomic E-state index is 12.4. The fourth-order valence-corrected chi connectivity index (χ4v) is 4.08. The van der Waals surface area contributed by atoms with Gasteiger partial charge in [0, 0.05) is 18.2 Å². The minimum atomic E-state index is -3.68. The van der Waals surface area contributed by atoms with Crippen LogP contribution >= 0.6 is 0 Å². The van der Waals surface area contributed by atoms with Crippen molar-refractivity contribution in [2.24, 2.45) is 0 Å². The Kier molecular flexibility index (Phi) is 5.29. The highest BCUT2D eigenvalue weighted by atomic mass is 32.2. The van der Waals surface area contributed by atoms with Gasteiger partial charge in [0.1, 0.15) is 21.7 Å². The zero-order chi connectivity index (χ0) is 21.1. The highest BCUT2D eigenvalue weighted by Crippen LogP contribution is 2.26. The number of nitrogens with zero attached hydrogens (tertiary/aromatic N) is 4. The van der Waals surface area contributed by atoms with Crippen molar-refractivity contribution >= 4 is 33.2 Å². The van der Waals surface area contributed by atoms with E-state index < -0.39 is 10.0 Å². The van der Waals surface area contributed by atoms with Crippen molar-refractivity contribution in [2.75, 3.05) is 13.7 Å². The number of benzene rings is 2. The van der Waals surface area contributed by atoms with Gasteiger partial charge in [0.25, 0.3) is 5.89 Å². The minimum Gasteiger partial charge on any atom is -0.495 e. The normalized spacial score (nSPS) is 12.1. The van der Waals surface area contributed by atoms with Crippen LogP contribution in [0, 0.1) is 0 Å². The quantitative estimate of drug-likeness (QED) is 0.460. The monoisotopic (exact) mass is 426 g/mol. The summed E-state index contributed by atoms with van der Waals surface area (Å²) in [7, 11) is -2.25. The summed E-state index contributed by atoms with van der Waals surface area (Å²) in [5.74, 6) is 0.943. The van der Waals surface area contributed by atoms with Crippen LogP contribution in [-0.4, -0.2) is 47.6 Å². The third-order valence-electron chi connectivity index (χ3n) is 4.25. The van der Waals surface area contributed by atoms with E-state index in [1.165, 1.54) is 13.2 Å². The van der Waals surface area contributed by atoms with E-state index >= 15 is 0 Å². The summed E-state index contributed by atoms with van der Waals surface area (Å²) in [4.78, 5) is 4.40. The van der Waals surface area contributed by atoms with Crippen LogP contribution in [0.4, 0.5) is 0 Å². The average molecular weight is 426 g/mol. The second kappa shape index (κ2) is 8.05. The molecule has 0 radical (unpaired) electrons. The fraction of sp³-hybridized carbons (Fsp3) is 0.158. The van der Waals surface area contributed by atoms with Crippen molar-refractivity contribution in [1.82, 2.24) is 30.3 Å². The van der Waals surface area contributed by atoms with Gasteiger partial charge in [-0.2, -0.15) is 20.4 Å². The smallest absolute Gasteiger partial charge is 0.250 e. The molecule has 0 spiro atoms. The predicted octanol–water partition coefficient (Wildman–Crippen LogP) is 2.49. The molecule has 0 saturated heterocycles. The first-order valence-electron chi connectivity index (χ1n) is 9.00. The van der Waals surface area contributed by atoms with Gasteiger partial charge < -0.3 is 9.26 Å². The van der Waals surface area contributed by atoms with Gasteiger partial charge in [-0.1, -0.05) is 18.1 Å². The van der Waals surface area contributed by atoms with Crippen LogP contribution in [0.2, 0.25) is 0 Å². The summed E-state index contributed by atoms with van der Waals surface area (Å²) in [6.07, 6.45) is 3.29. The largest absolute Gasteiger partial charge is 0.495 e. The maximum absolute atomic E-state index is 12.4. The lowest BCUT2D eigenvalue weighted by Crippen LogP contribution is -2.23. The Bertz CT molecular complexity index is 1330. The zero-order valence-corrected chi connectivity index (χ0v) is 17.0. The average Bonchev–Trinajstić information content (AvgIpc) is 3.40. The number of ether oxygens (including phenoxy) is 1. The lowest BCUT2D eigenvalue weighted by Gasteiger charge is -2.10. The molecule has 4 rings (SSSR count). The molecule has 0 amide bonds. The number of nitrogens with one attached hydrogen (secondary N) is 2. The van der Waals surface area contributed by atoms with Gasteiger partial charge in [0.2, 0.25) is 15.8 Å². The van der Waals surface area contributed by atoms with Gasteiger partial charge >= 0.3 is 0 Å². The number of hydrogen-bond acceptors (Lipinski definition) is 8. The second-order valence-electron chi connectivity index (χ2n) is 6.23. The van der Waals surface area contributed by atoms with E-state index in [9.17, 15) is 8.42 Å². The molecule has 0 aliphatic rings. The van der Waals surface area contributed by atoms with Crippen molar-refractivity contribution in [3.05, 3.63) is 47.9 Å². The third-order valence-corrected chi connectivity index (χ3v) is 5.81. The molecule has 0 aliphatic carbocycles. The van der Waals surface area contributed by atoms with Crippen LogP contribution in [0.3, 0.4) is 0 Å². The molecule has 2 N–H and O–H groups in total. The number of fused-ring (bicyclic) bond motifs is 1. The summed E-state index contributed by atoms with van der Waals surface area (Å²) in [6.45, 7) is 1.98. The van der Waals surface area contributed by atoms with Gasteiger partial charge in [-0.3, -0.25) is 0 Å². The molecule has 11 heteroatoms. The molecule has 0 unspecified atom stereocenters. The van der Waals surface area contributed by atoms with Crippen LogP contribution in [0.15, 0.2) is 45.8 Å². The van der Waals surface area contributed by atoms with E-state index in [4.69, 9.17) is 9.26 Å². The van der Waals surface area contributed by atoms with Crippen molar-refractivity contribution in [1.29, 1.82) is 0 Å². The molecule has 0 fully saturated rings. The molecule has 2 aromatic carbocycles. The van der Waals surface area contributed by atoms with Crippen LogP contribution in [0.5, 0.6) is 5.75 Å². The summed E-state index contributed by atoms with van der Waals surface area (Å²) in [5.41, 5.74) is 2.81. The molecule has 0 atom stereocenters. The van der Waals surface area contributed by atoms with Gasteiger partial charge in [-0.25, -0.2) is 13.1 Å². The summed E-state index contributed by atoms with van der Waals surface area (Å²) >= 11 is 0. The van der Waals surface area contributed by atoms with Crippen LogP contribution < -0.4 is 9.46 Å². The highest BCUT2D eigenvalue weighted by Gasteiger charge is 2.18. The van der Waals surface area contributed by atoms with E-state index in [2.05, 4.69) is 30.3 Å². The Morgan fingerprint density at radius 1 is 1.13 bits per heavy atom. The Morgan fingerprint density at radius 2 is 1.97 bits per heavy atom. The minimum absolute atomic E-state index is 0.0566. The number of hydrogen-bond donors (Lipinski definition) is 2. The molecule has 0 bridgehead atoms. The molecule has 2 heterocycles. The topological polar surface area (TPSA) is 136 Å². The van der Waals surface area contributed by atoms with E-state index in [1.807, 2.05) is 12.1 Å². The second-order valence-corrected chi connectivity index (χ2v) is 7.96. The highest BCUT2D eigenvalue weighted by molar-refractivity contribution is 7.89. The lowest BCUT2D eigenvalue weighted by molar-refractivity contribution is 0.402. The fourth-order valence-electron chi connectivity index (χ4n) is 2.84. The first-order chi connectivity index (χ1) is 14.5. The summed E-state index contributed by atoms with van der Waals surface area (Å²) < 4.78 is 37.7. The maximum Gasteiger partial charge on any atom is 0.250 e. The first kappa shape index (κ1) is 19.7. The third kappa shape index (κ3) is 3.93. The number of rotatable bonds is 7. The van der Waals surface area contributed by atoms with Gasteiger partial charge in [0.15, 0.2) is 0 Å². The standard InChI is InChI=1S/C19H18N6O4S/c1-3-20-30(26,27)17-10-12(4-8-16(17)28-2)5-9-18-21-19(24-29-18)13-6-7-14-15(11-13)23-25-22-14/h4-11,20H,3H2,1-2H3,(H,22,23,25). The molecule has 0 aliphatic heterocycles. The number of sulfonamides is 1. The number of H-pyrrole nitrogens is 1. The molecule has 154 valence electrons. The number of aromatic nitrogens is 5. The van der Waals surface area contributed by atoms with Crippen LogP contribution in [0.1, 0.15) is 18.4 Å². The van der Waals surface area contributed by atoms with Gasteiger partial charge in [-0.05, 0) is 42.0 Å². The molecular formula is C19H18N6O4S. The molecule has 30 heavy (non-hydrogen) atoms. The van der Waals surface area contributed by atoms with E-state index in [-0.39, 0.29) is 23.1 Å². The van der Waals surface area contributed by atoms with Crippen LogP contribution in [-0.2, 0) is 10.0 Å². The Labute approximate surface area is 172 Å². The molecule has 10 nitrogen and oxygen atoms in total. The molecule has 2 aromatic heterocycles. The van der Waals surface area contributed by atoms with E-state index in [0.29, 0.717) is 16.9 Å². The molecule has 0 saturated carbocycles. The Balaban J connectivity index is 1.60. The number of methoxy groups -OCH3 is 1. The van der Waals surface area contributed by atoms with Crippen molar-refractivity contribution in [2.45, 2.75) is 11.8 Å². The Hall–Kier alpha value is -3.57. The van der Waals surface area contributed by atoms with E-state index in [1.54, 1.807) is 37.3 Å². The van der Waals surface area contributed by atoms with Crippen molar-refractivity contribution in [3.8, 4) is 17.1 Å². The van der Waals surface area contributed by atoms with Gasteiger partial charge in [-0.15, -0.1) is 0 Å². The van der Waals surface area contributed by atoms with E-state index in [0.717, 1.165) is 11.1 Å². The molecule has 4 aromatic rings. The van der Waals surface area contributed by atoms with Crippen LogP contribution in [0.25, 0.3) is 34.6 Å². The zero-order valence-electron chi connectivity index (χ0n) is 16.2. The SMILES string of the molecule is CCNS(=O)(=O)c1cc(C=Cc2nc(-c3ccc4n[nH]nc4c3)no2)ccc1OC. The lowest BCUT2D eigenvalue weighted by atomic mass is 10.2. The van der Waals surface area contributed by atoms with Gasteiger partial charge in [0.05, 0.1) is 7.11 Å².